The van der Waals surface area contributed by atoms with E-state index in [0.29, 0.717) is 32.8 Å². The molecule has 0 radical (unpaired) electrons. The van der Waals surface area contributed by atoms with Crippen molar-refractivity contribution in [3.63, 3.8) is 0 Å². The van der Waals surface area contributed by atoms with Gasteiger partial charge in [0.05, 0.1) is 19.0 Å². The molecular formula is C9H21NO5S. The lowest BCUT2D eigenvalue weighted by Crippen LogP contribution is -2.28. The number of hydrogen-bond donors (Lipinski definition) is 2. The maximum atomic E-state index is 11.2. The summed E-state index contributed by atoms with van der Waals surface area (Å²) in [4.78, 5) is 0. The van der Waals surface area contributed by atoms with E-state index in [2.05, 4.69) is 4.72 Å². The lowest BCUT2D eigenvalue weighted by atomic mass is 10.5. The van der Waals surface area contributed by atoms with Gasteiger partial charge in [0.1, 0.15) is 0 Å². The van der Waals surface area contributed by atoms with E-state index in [1.165, 1.54) is 0 Å². The van der Waals surface area contributed by atoms with Crippen LogP contribution < -0.4 is 4.72 Å². The standard InChI is InChI=1S/C9H21NO5S/c1-14-7-8-15-6-2-4-10-16(12,13)9-3-5-11/h10-11H,2-9H2,1H3. The predicted molar refractivity (Wildman–Crippen MR) is 60.8 cm³/mol. The molecule has 7 heteroatoms. The highest BCUT2D eigenvalue weighted by molar-refractivity contribution is 7.89. The zero-order valence-corrected chi connectivity index (χ0v) is 10.5. The Kier molecular flexibility index (Phi) is 9.85. The summed E-state index contributed by atoms with van der Waals surface area (Å²) in [7, 11) is -1.64. The van der Waals surface area contributed by atoms with Gasteiger partial charge in [-0.25, -0.2) is 13.1 Å². The molecule has 0 atom stereocenters. The van der Waals surface area contributed by atoms with E-state index in [1.54, 1.807) is 7.11 Å². The van der Waals surface area contributed by atoms with Crippen LogP contribution in [-0.4, -0.2) is 59.4 Å². The molecule has 0 spiro atoms. The first-order valence-corrected chi connectivity index (χ1v) is 6.92. The molecule has 0 heterocycles. The molecule has 0 aromatic heterocycles. The smallest absolute Gasteiger partial charge is 0.211 e. The van der Waals surface area contributed by atoms with Gasteiger partial charge >= 0.3 is 0 Å². The maximum Gasteiger partial charge on any atom is 0.211 e. The third-order valence-corrected chi connectivity index (χ3v) is 3.26. The quantitative estimate of drug-likeness (QED) is 0.479. The van der Waals surface area contributed by atoms with Crippen molar-refractivity contribution in [3.8, 4) is 0 Å². The van der Waals surface area contributed by atoms with Crippen LogP contribution in [0.5, 0.6) is 0 Å². The van der Waals surface area contributed by atoms with Crippen LogP contribution in [0.2, 0.25) is 0 Å². The van der Waals surface area contributed by atoms with Crippen LogP contribution in [-0.2, 0) is 19.5 Å². The van der Waals surface area contributed by atoms with E-state index in [-0.39, 0.29) is 18.8 Å². The van der Waals surface area contributed by atoms with E-state index < -0.39 is 10.0 Å². The minimum atomic E-state index is -3.23. The van der Waals surface area contributed by atoms with Crippen molar-refractivity contribution in [1.82, 2.24) is 4.72 Å². The monoisotopic (exact) mass is 255 g/mol. The summed E-state index contributed by atoms with van der Waals surface area (Å²) in [5.41, 5.74) is 0. The zero-order chi connectivity index (χ0) is 12.3. The lowest BCUT2D eigenvalue weighted by Gasteiger charge is -2.06. The normalized spacial score (nSPS) is 11.9. The first-order chi connectivity index (χ1) is 7.62. The van der Waals surface area contributed by atoms with Gasteiger partial charge in [-0.3, -0.25) is 0 Å². The summed E-state index contributed by atoms with van der Waals surface area (Å²) >= 11 is 0. The predicted octanol–water partition coefficient (Wildman–Crippen LogP) is -0.659. The summed E-state index contributed by atoms with van der Waals surface area (Å²) in [5.74, 6) is -0.0337. The molecule has 0 aliphatic heterocycles. The van der Waals surface area contributed by atoms with E-state index in [0.717, 1.165) is 0 Å². The summed E-state index contributed by atoms with van der Waals surface area (Å²) in [6.07, 6.45) is 0.891. The third kappa shape index (κ3) is 10.3. The Balaban J connectivity index is 3.36. The number of hydrogen-bond acceptors (Lipinski definition) is 5. The van der Waals surface area contributed by atoms with Gasteiger partial charge in [0.2, 0.25) is 10.0 Å². The van der Waals surface area contributed by atoms with Crippen molar-refractivity contribution in [2.45, 2.75) is 12.8 Å². The average Bonchev–Trinajstić information content (AvgIpc) is 2.25. The number of nitrogens with one attached hydrogen (secondary N) is 1. The lowest BCUT2D eigenvalue weighted by molar-refractivity contribution is 0.0699. The molecule has 98 valence electrons. The van der Waals surface area contributed by atoms with Crippen molar-refractivity contribution < 1.29 is 23.0 Å². The number of rotatable bonds is 11. The van der Waals surface area contributed by atoms with Crippen LogP contribution in [0.4, 0.5) is 0 Å². The minimum Gasteiger partial charge on any atom is -0.396 e. The van der Waals surface area contributed by atoms with E-state index in [4.69, 9.17) is 14.6 Å². The molecule has 0 bridgehead atoms. The Morgan fingerprint density at radius 1 is 1.19 bits per heavy atom. The molecule has 0 unspecified atom stereocenters. The van der Waals surface area contributed by atoms with E-state index in [9.17, 15) is 8.42 Å². The first kappa shape index (κ1) is 15.8. The van der Waals surface area contributed by atoms with Gasteiger partial charge in [0.15, 0.2) is 0 Å². The second kappa shape index (κ2) is 9.98. The molecule has 0 aliphatic rings. The van der Waals surface area contributed by atoms with Gasteiger partial charge in [-0.15, -0.1) is 0 Å². The number of aliphatic hydroxyl groups is 1. The van der Waals surface area contributed by atoms with Crippen LogP contribution >= 0.6 is 0 Å². The van der Waals surface area contributed by atoms with Gasteiger partial charge in [-0.05, 0) is 12.8 Å². The Morgan fingerprint density at radius 2 is 1.94 bits per heavy atom. The Labute approximate surface area is 97.0 Å². The van der Waals surface area contributed by atoms with Crippen LogP contribution in [0.1, 0.15) is 12.8 Å². The van der Waals surface area contributed by atoms with Crippen molar-refractivity contribution in [3.05, 3.63) is 0 Å². The second-order valence-corrected chi connectivity index (χ2v) is 5.18. The van der Waals surface area contributed by atoms with Gasteiger partial charge < -0.3 is 14.6 Å². The van der Waals surface area contributed by atoms with Crippen LogP contribution in [0.15, 0.2) is 0 Å². The molecule has 0 fully saturated rings. The molecule has 2 N–H and O–H groups in total. The fourth-order valence-corrected chi connectivity index (χ4v) is 2.08. The number of ether oxygens (including phenoxy) is 2. The van der Waals surface area contributed by atoms with Crippen LogP contribution in [0.3, 0.4) is 0 Å². The van der Waals surface area contributed by atoms with Gasteiger partial charge in [0.25, 0.3) is 0 Å². The van der Waals surface area contributed by atoms with Crippen molar-refractivity contribution in [1.29, 1.82) is 0 Å². The van der Waals surface area contributed by atoms with Gasteiger partial charge in [0, 0.05) is 26.9 Å². The molecule has 0 saturated carbocycles. The zero-order valence-electron chi connectivity index (χ0n) is 9.65. The highest BCUT2D eigenvalue weighted by atomic mass is 32.2. The van der Waals surface area contributed by atoms with Crippen LogP contribution in [0, 0.1) is 0 Å². The topological polar surface area (TPSA) is 84.9 Å². The van der Waals surface area contributed by atoms with E-state index in [1.807, 2.05) is 0 Å². The molecule has 0 amide bonds. The fourth-order valence-electron chi connectivity index (χ4n) is 0.973. The molecular weight excluding hydrogens is 234 g/mol. The van der Waals surface area contributed by atoms with Crippen molar-refractivity contribution >= 4 is 10.0 Å². The van der Waals surface area contributed by atoms with Gasteiger partial charge in [-0.2, -0.15) is 0 Å². The number of methoxy groups -OCH3 is 1. The van der Waals surface area contributed by atoms with Crippen LogP contribution in [0.25, 0.3) is 0 Å². The first-order valence-electron chi connectivity index (χ1n) is 5.27. The minimum absolute atomic E-state index is 0.0337. The summed E-state index contributed by atoms with van der Waals surface area (Å²) in [6, 6.07) is 0. The Bertz CT molecular complexity index is 242. The second-order valence-electron chi connectivity index (χ2n) is 3.25. The third-order valence-electron chi connectivity index (χ3n) is 1.79. The van der Waals surface area contributed by atoms with E-state index >= 15 is 0 Å². The molecule has 0 aromatic carbocycles. The number of sulfonamides is 1. The maximum absolute atomic E-state index is 11.2. The Hall–Kier alpha value is -0.210. The highest BCUT2D eigenvalue weighted by Gasteiger charge is 2.07. The highest BCUT2D eigenvalue weighted by Crippen LogP contribution is 1.90. The Morgan fingerprint density at radius 3 is 2.56 bits per heavy atom. The largest absolute Gasteiger partial charge is 0.396 e. The molecule has 16 heavy (non-hydrogen) atoms. The summed E-state index contributed by atoms with van der Waals surface area (Å²) < 4.78 is 34.9. The SMILES string of the molecule is COCCOCCCNS(=O)(=O)CCCO. The molecule has 0 aromatic rings. The van der Waals surface area contributed by atoms with Crippen molar-refractivity contribution in [2.24, 2.45) is 0 Å². The fraction of sp³-hybridized carbons (Fsp3) is 1.00. The molecule has 0 rings (SSSR count). The average molecular weight is 255 g/mol. The molecule has 6 nitrogen and oxygen atoms in total. The number of aliphatic hydroxyl groups excluding tert-OH is 1. The van der Waals surface area contributed by atoms with Crippen molar-refractivity contribution in [2.75, 3.05) is 45.8 Å². The summed E-state index contributed by atoms with van der Waals surface area (Å²) in [5, 5.41) is 8.50. The summed E-state index contributed by atoms with van der Waals surface area (Å²) in [6.45, 7) is 1.82. The molecule has 0 saturated heterocycles. The molecule has 0 aliphatic carbocycles. The van der Waals surface area contributed by atoms with Gasteiger partial charge in [-0.1, -0.05) is 0 Å².